The number of rotatable bonds is 8. The van der Waals surface area contributed by atoms with Crippen LogP contribution in [0.3, 0.4) is 0 Å². The molecular formula is C18H18Cl3NO5. The second-order valence-electron chi connectivity index (χ2n) is 5.28. The number of halogens is 3. The zero-order chi connectivity index (χ0) is 20.0. The molecule has 0 fully saturated rings. The smallest absolute Gasteiger partial charge is 0.258 e. The summed E-state index contributed by atoms with van der Waals surface area (Å²) in [4.78, 5) is 12.1. The molecule has 2 rings (SSSR count). The maximum absolute atomic E-state index is 12.1. The van der Waals surface area contributed by atoms with Crippen LogP contribution in [0.2, 0.25) is 15.1 Å². The maximum atomic E-state index is 12.1. The minimum Gasteiger partial charge on any atom is -0.496 e. The van der Waals surface area contributed by atoms with Gasteiger partial charge in [0.05, 0.1) is 36.4 Å². The highest BCUT2D eigenvalue weighted by Gasteiger charge is 2.14. The molecule has 0 aliphatic carbocycles. The lowest BCUT2D eigenvalue weighted by Gasteiger charge is -2.15. The third-order valence-corrected chi connectivity index (χ3v) is 4.61. The molecule has 1 N–H and O–H groups in total. The van der Waals surface area contributed by atoms with Gasteiger partial charge in [-0.3, -0.25) is 4.79 Å². The van der Waals surface area contributed by atoms with E-state index in [1.807, 2.05) is 0 Å². The van der Waals surface area contributed by atoms with Crippen molar-refractivity contribution in [2.24, 2.45) is 0 Å². The van der Waals surface area contributed by atoms with Gasteiger partial charge in [-0.1, -0.05) is 34.8 Å². The molecule has 0 unspecified atom stereocenters. The first kappa shape index (κ1) is 21.3. The molecule has 0 radical (unpaired) electrons. The Kier molecular flexibility index (Phi) is 7.71. The Morgan fingerprint density at radius 2 is 1.41 bits per heavy atom. The van der Waals surface area contributed by atoms with Crippen LogP contribution in [0.4, 0.5) is 0 Å². The second-order valence-corrected chi connectivity index (χ2v) is 6.50. The third kappa shape index (κ3) is 5.48. The minimum absolute atomic E-state index is 0.209. The van der Waals surface area contributed by atoms with Gasteiger partial charge >= 0.3 is 0 Å². The highest BCUT2D eigenvalue weighted by Crippen LogP contribution is 2.35. The largest absolute Gasteiger partial charge is 0.496 e. The summed E-state index contributed by atoms with van der Waals surface area (Å²) >= 11 is 17.8. The van der Waals surface area contributed by atoms with E-state index in [1.54, 1.807) is 12.1 Å². The molecule has 2 aromatic carbocycles. The summed E-state index contributed by atoms with van der Waals surface area (Å²) in [6.45, 7) is -0.0336. The first-order chi connectivity index (χ1) is 12.9. The average Bonchev–Trinajstić information content (AvgIpc) is 2.67. The highest BCUT2D eigenvalue weighted by atomic mass is 35.5. The van der Waals surface area contributed by atoms with Gasteiger partial charge in [-0.05, 0) is 12.1 Å². The summed E-state index contributed by atoms with van der Waals surface area (Å²) < 4.78 is 21.2. The summed E-state index contributed by atoms with van der Waals surface area (Å²) in [5, 5.41) is 3.59. The first-order valence-electron chi connectivity index (χ1n) is 7.72. The van der Waals surface area contributed by atoms with E-state index >= 15 is 0 Å². The number of benzene rings is 2. The predicted octanol–water partition coefficient (Wildman–Crippen LogP) is 4.37. The fourth-order valence-electron chi connectivity index (χ4n) is 2.23. The lowest BCUT2D eigenvalue weighted by molar-refractivity contribution is -0.123. The summed E-state index contributed by atoms with van der Waals surface area (Å²) in [6.07, 6.45) is 0. The molecule has 0 aromatic heterocycles. The monoisotopic (exact) mass is 433 g/mol. The Balaban J connectivity index is 2.00. The molecule has 6 nitrogen and oxygen atoms in total. The molecule has 27 heavy (non-hydrogen) atoms. The molecule has 2 aromatic rings. The molecule has 9 heteroatoms. The molecule has 0 spiro atoms. The van der Waals surface area contributed by atoms with Gasteiger partial charge in [-0.15, -0.1) is 0 Å². The van der Waals surface area contributed by atoms with Gasteiger partial charge in [-0.25, -0.2) is 0 Å². The van der Waals surface area contributed by atoms with E-state index in [4.69, 9.17) is 53.8 Å². The maximum Gasteiger partial charge on any atom is 0.258 e. The zero-order valence-electron chi connectivity index (χ0n) is 14.9. The van der Waals surface area contributed by atoms with Gasteiger partial charge in [-0.2, -0.15) is 0 Å². The number of hydrogen-bond acceptors (Lipinski definition) is 5. The Morgan fingerprint density at radius 3 is 2.04 bits per heavy atom. The van der Waals surface area contributed by atoms with Gasteiger partial charge < -0.3 is 24.3 Å². The van der Waals surface area contributed by atoms with Crippen LogP contribution in [0.1, 0.15) is 5.56 Å². The molecule has 0 aliphatic heterocycles. The van der Waals surface area contributed by atoms with Crippen molar-refractivity contribution >= 4 is 40.7 Å². The van der Waals surface area contributed by atoms with Crippen LogP contribution in [0.25, 0.3) is 0 Å². The standard InChI is InChI=1S/C18H18Cl3NO5/c1-24-14-7-17(26-3)16(25-2)4-10(14)8-22-18(23)9-27-15-6-12(20)11(19)5-13(15)21/h4-7H,8-9H2,1-3H3,(H,22,23). The van der Waals surface area contributed by atoms with Gasteiger partial charge in [0.2, 0.25) is 0 Å². The fourth-order valence-corrected chi connectivity index (χ4v) is 2.83. The Hall–Kier alpha value is -2.02. The first-order valence-corrected chi connectivity index (χ1v) is 8.85. The Bertz CT molecular complexity index is 829. The van der Waals surface area contributed by atoms with Crippen molar-refractivity contribution < 1.29 is 23.7 Å². The van der Waals surface area contributed by atoms with Crippen LogP contribution in [-0.4, -0.2) is 33.8 Å². The van der Waals surface area contributed by atoms with Gasteiger partial charge in [0.25, 0.3) is 5.91 Å². The van der Waals surface area contributed by atoms with E-state index < -0.39 is 0 Å². The quantitative estimate of drug-likeness (QED) is 0.625. The zero-order valence-corrected chi connectivity index (χ0v) is 17.2. The molecular weight excluding hydrogens is 417 g/mol. The van der Waals surface area contributed by atoms with Crippen LogP contribution in [0.15, 0.2) is 24.3 Å². The van der Waals surface area contributed by atoms with Crippen molar-refractivity contribution in [1.82, 2.24) is 5.32 Å². The van der Waals surface area contributed by atoms with Crippen molar-refractivity contribution in [2.45, 2.75) is 6.54 Å². The van der Waals surface area contributed by atoms with Gasteiger partial charge in [0.15, 0.2) is 18.1 Å². The lowest BCUT2D eigenvalue weighted by atomic mass is 10.1. The summed E-state index contributed by atoms with van der Waals surface area (Å²) in [5.74, 6) is 1.53. The molecule has 146 valence electrons. The van der Waals surface area contributed by atoms with E-state index in [1.165, 1.54) is 33.5 Å². The van der Waals surface area contributed by atoms with Crippen molar-refractivity contribution in [1.29, 1.82) is 0 Å². The SMILES string of the molecule is COc1cc(OC)c(OC)cc1CNC(=O)COc1cc(Cl)c(Cl)cc1Cl. The van der Waals surface area contributed by atoms with E-state index in [9.17, 15) is 4.79 Å². The van der Waals surface area contributed by atoms with Crippen molar-refractivity contribution in [2.75, 3.05) is 27.9 Å². The minimum atomic E-state index is -0.353. The second kappa shape index (κ2) is 9.78. The molecule has 0 bridgehead atoms. The van der Waals surface area contributed by atoms with Crippen LogP contribution < -0.4 is 24.3 Å². The van der Waals surface area contributed by atoms with Crippen molar-refractivity contribution in [3.63, 3.8) is 0 Å². The Morgan fingerprint density at radius 1 is 0.815 bits per heavy atom. The number of nitrogens with one attached hydrogen (secondary N) is 1. The van der Waals surface area contributed by atoms with E-state index in [2.05, 4.69) is 5.32 Å². The van der Waals surface area contributed by atoms with Crippen LogP contribution in [-0.2, 0) is 11.3 Å². The van der Waals surface area contributed by atoms with Gasteiger partial charge in [0.1, 0.15) is 11.5 Å². The number of amides is 1. The van der Waals surface area contributed by atoms with Crippen LogP contribution in [0, 0.1) is 0 Å². The topological polar surface area (TPSA) is 66.0 Å². The molecule has 1 amide bonds. The molecule has 0 aliphatic rings. The molecule has 0 saturated heterocycles. The van der Waals surface area contributed by atoms with Crippen molar-refractivity contribution in [3.05, 3.63) is 44.9 Å². The summed E-state index contributed by atoms with van der Waals surface area (Å²) in [7, 11) is 4.59. The summed E-state index contributed by atoms with van der Waals surface area (Å²) in [6, 6.07) is 6.32. The molecule has 0 saturated carbocycles. The number of carbonyl (C=O) groups excluding carboxylic acids is 1. The number of methoxy groups -OCH3 is 3. The number of carbonyl (C=O) groups is 1. The molecule has 0 atom stereocenters. The number of ether oxygens (including phenoxy) is 4. The molecule has 0 heterocycles. The van der Waals surface area contributed by atoms with Crippen LogP contribution >= 0.6 is 34.8 Å². The Labute approximate surface area is 172 Å². The summed E-state index contributed by atoms with van der Waals surface area (Å²) in [5.41, 5.74) is 0.719. The lowest BCUT2D eigenvalue weighted by Crippen LogP contribution is -2.28. The van der Waals surface area contributed by atoms with Crippen LogP contribution in [0.5, 0.6) is 23.0 Å². The predicted molar refractivity (Wildman–Crippen MR) is 105 cm³/mol. The average molecular weight is 435 g/mol. The van der Waals surface area contributed by atoms with Crippen molar-refractivity contribution in [3.8, 4) is 23.0 Å². The normalized spacial score (nSPS) is 10.3. The van der Waals surface area contributed by atoms with E-state index in [0.29, 0.717) is 22.3 Å². The van der Waals surface area contributed by atoms with E-state index in [0.717, 1.165) is 5.56 Å². The number of hydrogen-bond donors (Lipinski definition) is 1. The van der Waals surface area contributed by atoms with Gasteiger partial charge in [0, 0.05) is 24.2 Å². The third-order valence-electron chi connectivity index (χ3n) is 3.60. The van der Waals surface area contributed by atoms with E-state index in [-0.39, 0.29) is 34.9 Å². The fraction of sp³-hybridized carbons (Fsp3) is 0.278. The highest BCUT2D eigenvalue weighted by molar-refractivity contribution is 6.43.